The molecule has 2 heterocycles. The highest BCUT2D eigenvalue weighted by atomic mass is 16.5. The summed E-state index contributed by atoms with van der Waals surface area (Å²) < 4.78 is 5.48. The van der Waals surface area contributed by atoms with Crippen molar-refractivity contribution < 1.29 is 14.3 Å². The van der Waals surface area contributed by atoms with Gasteiger partial charge in [0.2, 0.25) is 5.91 Å². The van der Waals surface area contributed by atoms with E-state index in [4.69, 9.17) is 4.74 Å². The number of methoxy groups -OCH3 is 1. The first-order chi connectivity index (χ1) is 12.5. The Kier molecular flexibility index (Phi) is 5.30. The number of ether oxygens (including phenoxy) is 1. The number of aromatic nitrogens is 1. The van der Waals surface area contributed by atoms with E-state index in [0.29, 0.717) is 38.2 Å². The van der Waals surface area contributed by atoms with Crippen LogP contribution in [0.3, 0.4) is 0 Å². The number of piperazine rings is 1. The van der Waals surface area contributed by atoms with E-state index in [2.05, 4.69) is 11.1 Å². The third kappa shape index (κ3) is 3.74. The number of aryl methyl sites for hydroxylation is 2. The molecule has 3 rings (SSSR count). The summed E-state index contributed by atoms with van der Waals surface area (Å²) >= 11 is 0. The summed E-state index contributed by atoms with van der Waals surface area (Å²) in [4.78, 5) is 31.6. The lowest BCUT2D eigenvalue weighted by Crippen LogP contribution is -2.51. The number of amides is 2. The highest BCUT2D eigenvalue weighted by Gasteiger charge is 2.25. The quantitative estimate of drug-likeness (QED) is 0.914. The first-order valence-electron chi connectivity index (χ1n) is 8.83. The van der Waals surface area contributed by atoms with Crippen LogP contribution < -0.4 is 4.74 Å². The molecule has 2 amide bonds. The van der Waals surface area contributed by atoms with Crippen molar-refractivity contribution in [3.8, 4) is 5.75 Å². The van der Waals surface area contributed by atoms with Crippen molar-refractivity contribution in [1.82, 2.24) is 14.8 Å². The Morgan fingerprint density at radius 1 is 1.12 bits per heavy atom. The number of aromatic amines is 1. The molecule has 1 fully saturated rings. The minimum Gasteiger partial charge on any atom is -0.496 e. The molecule has 1 aliphatic rings. The third-order valence-corrected chi connectivity index (χ3v) is 4.81. The second-order valence-electron chi connectivity index (χ2n) is 6.72. The van der Waals surface area contributed by atoms with Crippen LogP contribution in [0.1, 0.15) is 27.0 Å². The first kappa shape index (κ1) is 18.0. The van der Waals surface area contributed by atoms with Gasteiger partial charge < -0.3 is 19.5 Å². The fourth-order valence-corrected chi connectivity index (χ4v) is 3.54. The molecule has 0 unspecified atom stereocenters. The largest absolute Gasteiger partial charge is 0.496 e. The number of carbonyl (C=O) groups excluding carboxylic acids is 2. The van der Waals surface area contributed by atoms with E-state index in [1.54, 1.807) is 30.5 Å². The van der Waals surface area contributed by atoms with Crippen LogP contribution in [0.25, 0.3) is 0 Å². The lowest BCUT2D eigenvalue weighted by atomic mass is 10.0. The van der Waals surface area contributed by atoms with Gasteiger partial charge in [0.05, 0.1) is 19.1 Å². The standard InChI is InChI=1S/C20H25N3O3/c1-14-10-15(2)19(26-3)17(11-14)12-18(24)22-6-8-23(9-7-22)20(25)16-4-5-21-13-16/h4-5,10-11,13,21H,6-9,12H2,1-3H3. The molecule has 138 valence electrons. The van der Waals surface area contributed by atoms with Crippen molar-refractivity contribution in [2.24, 2.45) is 0 Å². The smallest absolute Gasteiger partial charge is 0.255 e. The molecule has 6 nitrogen and oxygen atoms in total. The Morgan fingerprint density at radius 2 is 1.81 bits per heavy atom. The normalized spacial score (nSPS) is 14.4. The van der Waals surface area contributed by atoms with Crippen molar-refractivity contribution in [3.05, 3.63) is 52.8 Å². The van der Waals surface area contributed by atoms with E-state index >= 15 is 0 Å². The van der Waals surface area contributed by atoms with Gasteiger partial charge in [0.15, 0.2) is 0 Å². The molecule has 1 N–H and O–H groups in total. The third-order valence-electron chi connectivity index (χ3n) is 4.81. The number of benzene rings is 1. The Bertz CT molecular complexity index is 791. The number of nitrogens with zero attached hydrogens (tertiary/aromatic N) is 2. The molecule has 0 aliphatic carbocycles. The van der Waals surface area contributed by atoms with Crippen LogP contribution in [0.15, 0.2) is 30.6 Å². The van der Waals surface area contributed by atoms with E-state index < -0.39 is 0 Å². The van der Waals surface area contributed by atoms with Crippen LogP contribution in [0.4, 0.5) is 0 Å². The molecular weight excluding hydrogens is 330 g/mol. The summed E-state index contributed by atoms with van der Waals surface area (Å²) in [6, 6.07) is 5.83. The summed E-state index contributed by atoms with van der Waals surface area (Å²) in [7, 11) is 1.64. The maximum Gasteiger partial charge on any atom is 0.255 e. The number of hydrogen-bond acceptors (Lipinski definition) is 3. The minimum absolute atomic E-state index is 0.00864. The van der Waals surface area contributed by atoms with Gasteiger partial charge in [-0.05, 0) is 25.5 Å². The van der Waals surface area contributed by atoms with Gasteiger partial charge in [-0.15, -0.1) is 0 Å². The average molecular weight is 355 g/mol. The molecule has 0 radical (unpaired) electrons. The minimum atomic E-state index is 0.00864. The van der Waals surface area contributed by atoms with Crippen LogP contribution in [0.2, 0.25) is 0 Å². The Hall–Kier alpha value is -2.76. The monoisotopic (exact) mass is 355 g/mol. The van der Waals surface area contributed by atoms with Crippen LogP contribution in [-0.2, 0) is 11.2 Å². The summed E-state index contributed by atoms with van der Waals surface area (Å²) in [5, 5.41) is 0. The Morgan fingerprint density at radius 3 is 2.42 bits per heavy atom. The van der Waals surface area contributed by atoms with E-state index in [1.165, 1.54) is 0 Å². The molecule has 6 heteroatoms. The van der Waals surface area contributed by atoms with Crippen molar-refractivity contribution in [2.45, 2.75) is 20.3 Å². The van der Waals surface area contributed by atoms with E-state index in [-0.39, 0.29) is 11.8 Å². The Balaban J connectivity index is 1.62. The molecule has 0 atom stereocenters. The Labute approximate surface area is 153 Å². The van der Waals surface area contributed by atoms with Gasteiger partial charge in [0.1, 0.15) is 5.75 Å². The zero-order chi connectivity index (χ0) is 18.7. The molecule has 1 aliphatic heterocycles. The van der Waals surface area contributed by atoms with E-state index in [0.717, 1.165) is 22.4 Å². The molecular formula is C20H25N3O3. The van der Waals surface area contributed by atoms with Crippen LogP contribution in [0.5, 0.6) is 5.75 Å². The molecule has 0 saturated carbocycles. The average Bonchev–Trinajstić information content (AvgIpc) is 3.15. The van der Waals surface area contributed by atoms with Crippen molar-refractivity contribution >= 4 is 11.8 Å². The summed E-state index contributed by atoms with van der Waals surface area (Å²) in [6.07, 6.45) is 3.76. The van der Waals surface area contributed by atoms with Crippen molar-refractivity contribution in [1.29, 1.82) is 0 Å². The fourth-order valence-electron chi connectivity index (χ4n) is 3.54. The van der Waals surface area contributed by atoms with Crippen molar-refractivity contribution in [2.75, 3.05) is 33.3 Å². The number of hydrogen-bond donors (Lipinski definition) is 1. The summed E-state index contributed by atoms with van der Waals surface area (Å²) in [6.45, 7) is 6.24. The first-order valence-corrected chi connectivity index (χ1v) is 8.83. The van der Waals surface area contributed by atoms with Gasteiger partial charge in [-0.1, -0.05) is 17.7 Å². The van der Waals surface area contributed by atoms with Crippen LogP contribution >= 0.6 is 0 Å². The van der Waals surface area contributed by atoms with Gasteiger partial charge in [0.25, 0.3) is 5.91 Å². The number of H-pyrrole nitrogens is 1. The van der Waals surface area contributed by atoms with Gasteiger partial charge >= 0.3 is 0 Å². The molecule has 2 aromatic rings. The van der Waals surface area contributed by atoms with Gasteiger partial charge in [-0.2, -0.15) is 0 Å². The van der Waals surface area contributed by atoms with E-state index in [9.17, 15) is 9.59 Å². The van der Waals surface area contributed by atoms with Crippen molar-refractivity contribution in [3.63, 3.8) is 0 Å². The van der Waals surface area contributed by atoms with Crippen LogP contribution in [0, 0.1) is 13.8 Å². The fraction of sp³-hybridized carbons (Fsp3) is 0.400. The van der Waals surface area contributed by atoms with Gasteiger partial charge in [-0.25, -0.2) is 0 Å². The maximum atomic E-state index is 12.7. The topological polar surface area (TPSA) is 65.6 Å². The zero-order valence-corrected chi connectivity index (χ0v) is 15.5. The lowest BCUT2D eigenvalue weighted by molar-refractivity contribution is -0.131. The predicted octanol–water partition coefficient (Wildman–Crippen LogP) is 2.17. The second-order valence-corrected chi connectivity index (χ2v) is 6.72. The SMILES string of the molecule is COc1c(C)cc(C)cc1CC(=O)N1CCN(C(=O)c2cc[nH]c2)CC1. The predicted molar refractivity (Wildman–Crippen MR) is 99.4 cm³/mol. The molecule has 1 aromatic carbocycles. The number of carbonyl (C=O) groups is 2. The highest BCUT2D eigenvalue weighted by Crippen LogP contribution is 2.26. The molecule has 1 aromatic heterocycles. The maximum absolute atomic E-state index is 12.7. The highest BCUT2D eigenvalue weighted by molar-refractivity contribution is 5.94. The number of rotatable bonds is 4. The zero-order valence-electron chi connectivity index (χ0n) is 15.5. The van der Waals surface area contributed by atoms with Gasteiger partial charge in [0, 0.05) is 44.1 Å². The van der Waals surface area contributed by atoms with Gasteiger partial charge in [-0.3, -0.25) is 9.59 Å². The molecule has 0 spiro atoms. The second kappa shape index (κ2) is 7.64. The molecule has 0 bridgehead atoms. The summed E-state index contributed by atoms with van der Waals surface area (Å²) in [5.41, 5.74) is 3.73. The summed E-state index contributed by atoms with van der Waals surface area (Å²) in [5.74, 6) is 0.863. The van der Waals surface area contributed by atoms with E-state index in [1.807, 2.05) is 24.8 Å². The molecule has 1 saturated heterocycles. The number of nitrogens with one attached hydrogen (secondary N) is 1. The van der Waals surface area contributed by atoms with Crippen LogP contribution in [-0.4, -0.2) is 59.9 Å². The molecule has 26 heavy (non-hydrogen) atoms. The lowest BCUT2D eigenvalue weighted by Gasteiger charge is -2.34.